The van der Waals surface area contributed by atoms with Crippen LogP contribution in [-0.4, -0.2) is 80.7 Å². The molecule has 2 fully saturated rings. The average Bonchev–Trinajstić information content (AvgIpc) is 3.32. The molecular formula is C25H36N6O. The van der Waals surface area contributed by atoms with Crippen LogP contribution in [0.1, 0.15) is 30.4 Å². The fraction of sp³-hybridized carbons (Fsp3) is 0.520. The van der Waals surface area contributed by atoms with E-state index in [0.29, 0.717) is 12.5 Å². The summed E-state index contributed by atoms with van der Waals surface area (Å²) in [6.45, 7) is 9.88. The van der Waals surface area contributed by atoms with Gasteiger partial charge in [0.15, 0.2) is 5.96 Å². The second-order valence-electron chi connectivity index (χ2n) is 8.69. The molecule has 0 amide bonds. The third kappa shape index (κ3) is 5.51. The van der Waals surface area contributed by atoms with Gasteiger partial charge >= 0.3 is 0 Å². The van der Waals surface area contributed by atoms with Crippen molar-refractivity contribution in [2.24, 2.45) is 4.99 Å². The van der Waals surface area contributed by atoms with Crippen molar-refractivity contribution in [1.82, 2.24) is 20.1 Å². The van der Waals surface area contributed by atoms with Gasteiger partial charge in [-0.1, -0.05) is 12.1 Å². The number of ether oxygens (including phenoxy) is 1. The Bertz CT molecular complexity index is 892. The number of nitrogens with zero attached hydrogens (tertiary/aromatic N) is 5. The number of hydrogen-bond acceptors (Lipinski definition) is 5. The van der Waals surface area contributed by atoms with Crippen LogP contribution in [0.4, 0.5) is 5.82 Å². The third-order valence-electron chi connectivity index (χ3n) is 6.46. The number of guanidine groups is 1. The number of hydrogen-bond donors (Lipinski definition) is 1. The van der Waals surface area contributed by atoms with E-state index in [-0.39, 0.29) is 0 Å². The number of piperazine rings is 1. The number of aromatic nitrogens is 1. The number of aliphatic imine (C=N–C) groups is 1. The minimum absolute atomic E-state index is 0.523. The predicted octanol–water partition coefficient (Wildman–Crippen LogP) is 2.80. The van der Waals surface area contributed by atoms with Crippen LogP contribution in [0.2, 0.25) is 0 Å². The normalized spacial score (nSPS) is 20.0. The molecule has 0 bridgehead atoms. The van der Waals surface area contributed by atoms with E-state index >= 15 is 0 Å². The third-order valence-corrected chi connectivity index (χ3v) is 6.46. The Labute approximate surface area is 192 Å². The molecule has 0 spiro atoms. The van der Waals surface area contributed by atoms with Gasteiger partial charge in [-0.25, -0.2) is 9.98 Å². The molecule has 7 nitrogen and oxygen atoms in total. The Morgan fingerprint density at radius 2 is 1.91 bits per heavy atom. The quantitative estimate of drug-likeness (QED) is 0.555. The van der Waals surface area contributed by atoms with Gasteiger partial charge in [0.1, 0.15) is 11.6 Å². The molecule has 0 saturated carbocycles. The van der Waals surface area contributed by atoms with E-state index in [0.717, 1.165) is 69.8 Å². The maximum Gasteiger partial charge on any atom is 0.194 e. The van der Waals surface area contributed by atoms with Crippen molar-refractivity contribution in [3.63, 3.8) is 0 Å². The van der Waals surface area contributed by atoms with Crippen LogP contribution in [0.15, 0.2) is 47.6 Å². The highest BCUT2D eigenvalue weighted by Crippen LogP contribution is 2.28. The number of likely N-dealkylation sites (tertiary alicyclic amines) is 1. The largest absolute Gasteiger partial charge is 0.497 e. The van der Waals surface area contributed by atoms with Gasteiger partial charge in [0, 0.05) is 57.9 Å². The van der Waals surface area contributed by atoms with Gasteiger partial charge in [-0.2, -0.15) is 0 Å². The van der Waals surface area contributed by atoms with Crippen LogP contribution in [0.5, 0.6) is 5.75 Å². The first kappa shape index (κ1) is 22.4. The van der Waals surface area contributed by atoms with Crippen LogP contribution in [0.3, 0.4) is 0 Å². The fourth-order valence-corrected chi connectivity index (χ4v) is 4.46. The minimum Gasteiger partial charge on any atom is -0.497 e. The molecule has 1 aromatic heterocycles. The molecular weight excluding hydrogens is 400 g/mol. The molecule has 2 aliphatic rings. The van der Waals surface area contributed by atoms with Gasteiger partial charge in [-0.15, -0.1) is 0 Å². The second-order valence-corrected chi connectivity index (χ2v) is 8.69. The van der Waals surface area contributed by atoms with Gasteiger partial charge in [-0.3, -0.25) is 0 Å². The van der Waals surface area contributed by atoms with Crippen molar-refractivity contribution in [2.75, 3.05) is 64.9 Å². The molecule has 32 heavy (non-hydrogen) atoms. The minimum atomic E-state index is 0.523. The van der Waals surface area contributed by atoms with Crippen LogP contribution in [0, 0.1) is 0 Å². The number of pyridine rings is 1. The average molecular weight is 437 g/mol. The van der Waals surface area contributed by atoms with E-state index in [1.54, 1.807) is 7.11 Å². The lowest BCUT2D eigenvalue weighted by Gasteiger charge is -2.33. The van der Waals surface area contributed by atoms with E-state index in [1.807, 2.05) is 6.20 Å². The summed E-state index contributed by atoms with van der Waals surface area (Å²) in [5.74, 6) is 3.50. The molecule has 172 valence electrons. The van der Waals surface area contributed by atoms with Crippen molar-refractivity contribution in [1.29, 1.82) is 0 Å². The zero-order chi connectivity index (χ0) is 22.3. The Kier molecular flexibility index (Phi) is 7.47. The van der Waals surface area contributed by atoms with E-state index < -0.39 is 0 Å². The van der Waals surface area contributed by atoms with Gasteiger partial charge < -0.3 is 24.8 Å². The molecule has 7 heteroatoms. The van der Waals surface area contributed by atoms with Gasteiger partial charge in [0.2, 0.25) is 0 Å². The van der Waals surface area contributed by atoms with Crippen LogP contribution in [0.25, 0.3) is 0 Å². The van der Waals surface area contributed by atoms with E-state index in [2.05, 4.69) is 75.4 Å². The SMILES string of the molecule is CCNC(=NCc1ccnc(N2CCN(C)CC2)c1)N1CCC(c2ccc(OC)cc2)C1. The number of benzene rings is 1. The zero-order valence-corrected chi connectivity index (χ0v) is 19.6. The highest BCUT2D eigenvalue weighted by atomic mass is 16.5. The lowest BCUT2D eigenvalue weighted by Crippen LogP contribution is -2.44. The highest BCUT2D eigenvalue weighted by Gasteiger charge is 2.26. The van der Waals surface area contributed by atoms with Crippen molar-refractivity contribution in [3.05, 3.63) is 53.7 Å². The summed E-state index contributed by atoms with van der Waals surface area (Å²) in [5, 5.41) is 3.49. The lowest BCUT2D eigenvalue weighted by atomic mass is 9.98. The lowest BCUT2D eigenvalue weighted by molar-refractivity contribution is 0.312. The summed E-state index contributed by atoms with van der Waals surface area (Å²) in [6, 6.07) is 12.8. The predicted molar refractivity (Wildman–Crippen MR) is 131 cm³/mol. The maximum absolute atomic E-state index is 5.30. The molecule has 1 atom stereocenters. The smallest absolute Gasteiger partial charge is 0.194 e. The van der Waals surface area contributed by atoms with Crippen LogP contribution in [-0.2, 0) is 6.54 Å². The van der Waals surface area contributed by atoms with Crippen molar-refractivity contribution < 1.29 is 4.74 Å². The summed E-state index contributed by atoms with van der Waals surface area (Å²) in [5.41, 5.74) is 2.57. The number of likely N-dealkylation sites (N-methyl/N-ethyl adjacent to an activating group) is 1. The molecule has 1 N–H and O–H groups in total. The topological polar surface area (TPSA) is 56.2 Å². The molecule has 2 saturated heterocycles. The summed E-state index contributed by atoms with van der Waals surface area (Å²) in [7, 11) is 3.89. The van der Waals surface area contributed by atoms with E-state index in [1.165, 1.54) is 11.1 Å². The first-order valence-corrected chi connectivity index (χ1v) is 11.7. The van der Waals surface area contributed by atoms with E-state index in [9.17, 15) is 0 Å². The summed E-state index contributed by atoms with van der Waals surface area (Å²) in [6.07, 6.45) is 3.06. The summed E-state index contributed by atoms with van der Waals surface area (Å²) in [4.78, 5) is 16.7. The van der Waals surface area contributed by atoms with Gasteiger partial charge in [0.05, 0.1) is 13.7 Å². The van der Waals surface area contributed by atoms with Crippen LogP contribution < -0.4 is 15.0 Å². The Hall–Kier alpha value is -2.80. The monoisotopic (exact) mass is 436 g/mol. The Balaban J connectivity index is 1.40. The molecule has 3 heterocycles. The molecule has 2 aromatic rings. The van der Waals surface area contributed by atoms with Crippen molar-refractivity contribution in [3.8, 4) is 5.75 Å². The zero-order valence-electron chi connectivity index (χ0n) is 19.6. The van der Waals surface area contributed by atoms with Gasteiger partial charge in [-0.05, 0) is 55.8 Å². The Morgan fingerprint density at radius 3 is 2.62 bits per heavy atom. The molecule has 0 aliphatic carbocycles. The first-order chi connectivity index (χ1) is 15.7. The van der Waals surface area contributed by atoms with Crippen molar-refractivity contribution in [2.45, 2.75) is 25.8 Å². The standard InChI is InChI=1S/C25H36N6O/c1-4-26-25(31-12-10-22(19-31)21-5-7-23(32-3)8-6-21)28-18-20-9-11-27-24(17-20)30-15-13-29(2)14-16-30/h5-9,11,17,22H,4,10,12-16,18-19H2,1-3H3,(H,26,28). The maximum atomic E-state index is 5.30. The molecule has 1 unspecified atom stereocenters. The van der Waals surface area contributed by atoms with E-state index in [4.69, 9.17) is 9.73 Å². The summed E-state index contributed by atoms with van der Waals surface area (Å²) >= 11 is 0. The number of anilines is 1. The molecule has 4 rings (SSSR count). The summed E-state index contributed by atoms with van der Waals surface area (Å²) < 4.78 is 5.30. The molecule has 0 radical (unpaired) electrons. The second kappa shape index (κ2) is 10.7. The van der Waals surface area contributed by atoms with Crippen molar-refractivity contribution >= 4 is 11.8 Å². The van der Waals surface area contributed by atoms with Crippen LogP contribution >= 0.6 is 0 Å². The molecule has 1 aromatic carbocycles. The Morgan fingerprint density at radius 1 is 1.12 bits per heavy atom. The fourth-order valence-electron chi connectivity index (χ4n) is 4.46. The molecule has 2 aliphatic heterocycles. The first-order valence-electron chi connectivity index (χ1n) is 11.7. The number of nitrogens with one attached hydrogen (secondary N) is 1. The number of rotatable bonds is 6. The number of methoxy groups -OCH3 is 1. The highest BCUT2D eigenvalue weighted by molar-refractivity contribution is 5.80. The van der Waals surface area contributed by atoms with Gasteiger partial charge in [0.25, 0.3) is 0 Å².